The fraction of sp³-hybridized carbons (Fsp3) is 0.857. The second-order valence-electron chi connectivity index (χ2n) is 2.98. The van der Waals surface area contributed by atoms with Crippen LogP contribution in [0.5, 0.6) is 0 Å². The van der Waals surface area contributed by atoms with Crippen molar-refractivity contribution in [1.82, 2.24) is 9.80 Å². The van der Waals surface area contributed by atoms with Gasteiger partial charge in [-0.05, 0) is 20.5 Å². The van der Waals surface area contributed by atoms with E-state index >= 15 is 0 Å². The molecule has 0 unspecified atom stereocenters. The maximum absolute atomic E-state index is 11.0. The lowest BCUT2D eigenvalue weighted by Gasteiger charge is -2.19. The third-order valence-electron chi connectivity index (χ3n) is 1.62. The summed E-state index contributed by atoms with van der Waals surface area (Å²) in [5, 5.41) is 0. The Labute approximate surface area is 61.6 Å². The molecule has 0 spiro atoms. The van der Waals surface area contributed by atoms with Crippen molar-refractivity contribution in [1.29, 1.82) is 0 Å². The first-order chi connectivity index (χ1) is 4.70. The first kappa shape index (κ1) is 7.54. The zero-order valence-corrected chi connectivity index (χ0v) is 6.63. The molecule has 0 aromatic heterocycles. The Morgan fingerprint density at radius 1 is 1.60 bits per heavy atom. The second kappa shape index (κ2) is 3.01. The summed E-state index contributed by atoms with van der Waals surface area (Å²) in [7, 11) is 3.96. The van der Waals surface area contributed by atoms with Gasteiger partial charge in [-0.3, -0.25) is 9.69 Å². The minimum Gasteiger partial charge on any atom is -0.330 e. The van der Waals surface area contributed by atoms with Crippen molar-refractivity contribution in [2.24, 2.45) is 0 Å². The topological polar surface area (TPSA) is 23.6 Å². The van der Waals surface area contributed by atoms with E-state index in [4.69, 9.17) is 0 Å². The number of likely N-dealkylation sites (tertiary alicyclic amines) is 1. The lowest BCUT2D eigenvalue weighted by atomic mass is 10.4. The van der Waals surface area contributed by atoms with Crippen LogP contribution in [0.3, 0.4) is 0 Å². The fourth-order valence-corrected chi connectivity index (χ4v) is 1.19. The quantitative estimate of drug-likeness (QED) is 0.547. The molecule has 0 bridgehead atoms. The molecule has 0 aromatic carbocycles. The molecule has 3 nitrogen and oxygen atoms in total. The molecule has 58 valence electrons. The van der Waals surface area contributed by atoms with Crippen molar-refractivity contribution < 1.29 is 4.79 Å². The van der Waals surface area contributed by atoms with Crippen molar-refractivity contribution >= 4 is 5.91 Å². The molecular weight excluding hydrogens is 128 g/mol. The van der Waals surface area contributed by atoms with Gasteiger partial charge in [0, 0.05) is 13.0 Å². The van der Waals surface area contributed by atoms with Crippen LogP contribution in [0.4, 0.5) is 0 Å². The van der Waals surface area contributed by atoms with Crippen LogP contribution in [0.2, 0.25) is 0 Å². The number of carbonyl (C=O) groups is 1. The van der Waals surface area contributed by atoms with E-state index in [2.05, 4.69) is 0 Å². The Kier molecular flexibility index (Phi) is 2.27. The molecule has 10 heavy (non-hydrogen) atoms. The number of carbonyl (C=O) groups excluding carboxylic acids is 1. The predicted molar refractivity (Wildman–Crippen MR) is 39.5 cm³/mol. The largest absolute Gasteiger partial charge is 0.330 e. The van der Waals surface area contributed by atoms with Gasteiger partial charge in [0.2, 0.25) is 5.91 Å². The highest BCUT2D eigenvalue weighted by atomic mass is 16.2. The van der Waals surface area contributed by atoms with Gasteiger partial charge in [-0.2, -0.15) is 0 Å². The first-order valence-electron chi connectivity index (χ1n) is 3.62. The minimum absolute atomic E-state index is 0.300. The number of nitrogens with zero attached hydrogens (tertiary/aromatic N) is 2. The van der Waals surface area contributed by atoms with E-state index in [1.165, 1.54) is 0 Å². The van der Waals surface area contributed by atoms with Crippen LogP contribution in [0.25, 0.3) is 0 Å². The lowest BCUT2D eigenvalue weighted by molar-refractivity contribution is -0.129. The molecule has 0 N–H and O–H groups in total. The van der Waals surface area contributed by atoms with Crippen LogP contribution in [0.15, 0.2) is 0 Å². The summed E-state index contributed by atoms with van der Waals surface area (Å²) >= 11 is 0. The predicted octanol–water partition coefficient (Wildman–Crippen LogP) is 0.128. The van der Waals surface area contributed by atoms with E-state index in [1.807, 2.05) is 23.9 Å². The van der Waals surface area contributed by atoms with E-state index < -0.39 is 0 Å². The molecule has 1 fully saturated rings. The summed E-state index contributed by atoms with van der Waals surface area (Å²) < 4.78 is 0. The monoisotopic (exact) mass is 142 g/mol. The van der Waals surface area contributed by atoms with Gasteiger partial charge in [-0.25, -0.2) is 0 Å². The molecule has 3 heteroatoms. The average molecular weight is 142 g/mol. The van der Waals surface area contributed by atoms with E-state index in [9.17, 15) is 4.79 Å². The molecule has 1 aliphatic rings. The smallest absolute Gasteiger partial charge is 0.223 e. The van der Waals surface area contributed by atoms with Crippen LogP contribution in [0, 0.1) is 0 Å². The summed E-state index contributed by atoms with van der Waals surface area (Å²) in [6.07, 6.45) is 1.78. The second-order valence-corrected chi connectivity index (χ2v) is 2.98. The first-order valence-corrected chi connectivity index (χ1v) is 3.62. The SMILES string of the molecule is CN(C)CN1CCCC1=O. The average Bonchev–Trinajstić information content (AvgIpc) is 2.15. The normalized spacial score (nSPS) is 19.1. The summed E-state index contributed by atoms with van der Waals surface area (Å²) in [6.45, 7) is 1.72. The Hall–Kier alpha value is -0.570. The molecule has 0 aromatic rings. The van der Waals surface area contributed by atoms with Crippen molar-refractivity contribution in [2.75, 3.05) is 27.3 Å². The van der Waals surface area contributed by atoms with Crippen LogP contribution in [0.1, 0.15) is 12.8 Å². The van der Waals surface area contributed by atoms with Gasteiger partial charge in [0.1, 0.15) is 0 Å². The molecular formula is C7H14N2O. The van der Waals surface area contributed by atoms with E-state index in [0.717, 1.165) is 26.1 Å². The highest BCUT2D eigenvalue weighted by molar-refractivity contribution is 5.77. The zero-order chi connectivity index (χ0) is 7.56. The maximum atomic E-state index is 11.0. The van der Waals surface area contributed by atoms with Crippen LogP contribution in [-0.2, 0) is 4.79 Å². The van der Waals surface area contributed by atoms with Crippen LogP contribution < -0.4 is 0 Å². The third kappa shape index (κ3) is 1.70. The van der Waals surface area contributed by atoms with Crippen molar-refractivity contribution in [3.05, 3.63) is 0 Å². The van der Waals surface area contributed by atoms with E-state index in [1.54, 1.807) is 0 Å². The van der Waals surface area contributed by atoms with Gasteiger partial charge >= 0.3 is 0 Å². The zero-order valence-electron chi connectivity index (χ0n) is 6.63. The van der Waals surface area contributed by atoms with E-state index in [-0.39, 0.29) is 0 Å². The standard InChI is InChI=1S/C7H14N2O/c1-8(2)6-9-5-3-4-7(9)10/h3-6H2,1-2H3. The van der Waals surface area contributed by atoms with Gasteiger partial charge in [0.05, 0.1) is 6.67 Å². The summed E-state index contributed by atoms with van der Waals surface area (Å²) in [5.74, 6) is 0.300. The summed E-state index contributed by atoms with van der Waals surface area (Å²) in [4.78, 5) is 14.9. The minimum atomic E-state index is 0.300. The van der Waals surface area contributed by atoms with Crippen molar-refractivity contribution in [3.8, 4) is 0 Å². The van der Waals surface area contributed by atoms with Crippen LogP contribution in [-0.4, -0.2) is 43.0 Å². The molecule has 0 atom stereocenters. The molecule has 0 saturated carbocycles. The van der Waals surface area contributed by atoms with Gasteiger partial charge in [-0.15, -0.1) is 0 Å². The Balaban J connectivity index is 2.33. The number of hydrogen-bond acceptors (Lipinski definition) is 2. The Bertz CT molecular complexity index is 134. The fourth-order valence-electron chi connectivity index (χ4n) is 1.19. The maximum Gasteiger partial charge on any atom is 0.223 e. The van der Waals surface area contributed by atoms with Crippen molar-refractivity contribution in [2.45, 2.75) is 12.8 Å². The molecule has 1 heterocycles. The number of amides is 1. The van der Waals surface area contributed by atoms with Gasteiger partial charge in [0.25, 0.3) is 0 Å². The highest BCUT2D eigenvalue weighted by Gasteiger charge is 2.19. The summed E-state index contributed by atoms with van der Waals surface area (Å²) in [6, 6.07) is 0. The van der Waals surface area contributed by atoms with Crippen LogP contribution >= 0.6 is 0 Å². The molecule has 0 radical (unpaired) electrons. The number of rotatable bonds is 2. The Morgan fingerprint density at radius 3 is 2.70 bits per heavy atom. The van der Waals surface area contributed by atoms with Gasteiger partial charge < -0.3 is 4.90 Å². The lowest BCUT2D eigenvalue weighted by Crippen LogP contribution is -2.34. The molecule has 1 amide bonds. The van der Waals surface area contributed by atoms with Gasteiger partial charge in [0.15, 0.2) is 0 Å². The van der Waals surface area contributed by atoms with E-state index in [0.29, 0.717) is 5.91 Å². The summed E-state index contributed by atoms with van der Waals surface area (Å²) in [5.41, 5.74) is 0. The highest BCUT2D eigenvalue weighted by Crippen LogP contribution is 2.08. The molecule has 1 saturated heterocycles. The van der Waals surface area contributed by atoms with Gasteiger partial charge in [-0.1, -0.05) is 0 Å². The molecule has 1 rings (SSSR count). The third-order valence-corrected chi connectivity index (χ3v) is 1.62. The Morgan fingerprint density at radius 2 is 2.30 bits per heavy atom. The van der Waals surface area contributed by atoms with Crippen molar-refractivity contribution in [3.63, 3.8) is 0 Å². The number of hydrogen-bond donors (Lipinski definition) is 0. The molecule has 0 aliphatic carbocycles. The molecule has 1 aliphatic heterocycles.